The Hall–Kier alpha value is -1.15. The average Bonchev–Trinajstić information content (AvgIpc) is 2.21. The van der Waals surface area contributed by atoms with Crippen LogP contribution >= 0.6 is 11.9 Å². The van der Waals surface area contributed by atoms with E-state index in [2.05, 4.69) is 40.5 Å². The summed E-state index contributed by atoms with van der Waals surface area (Å²) in [4.78, 5) is 0. The molecular weight excluding hydrogens is 178 g/mol. The van der Waals surface area contributed by atoms with Gasteiger partial charge < -0.3 is 4.72 Å². The van der Waals surface area contributed by atoms with Crippen LogP contribution in [-0.4, -0.2) is 0 Å². The maximum atomic E-state index is 3.06. The molecule has 0 spiro atoms. The lowest BCUT2D eigenvalue weighted by molar-refractivity contribution is 1.19. The lowest BCUT2D eigenvalue weighted by atomic mass is 10.1. The van der Waals surface area contributed by atoms with E-state index in [0.29, 0.717) is 0 Å². The van der Waals surface area contributed by atoms with Crippen molar-refractivity contribution in [3.05, 3.63) is 59.2 Å². The predicted molar refractivity (Wildman–Crippen MR) is 58.1 cm³/mol. The van der Waals surface area contributed by atoms with Crippen LogP contribution in [0.5, 0.6) is 0 Å². The monoisotopic (exact) mass is 189 g/mol. The maximum Gasteiger partial charge on any atom is 0.00784 e. The Morgan fingerprint density at radius 3 is 2.69 bits per heavy atom. The molecule has 1 heterocycles. The summed E-state index contributed by atoms with van der Waals surface area (Å²) in [6.07, 6.45) is 5.11. The van der Waals surface area contributed by atoms with E-state index in [9.17, 15) is 0 Å². The predicted octanol–water partition coefficient (Wildman–Crippen LogP) is 2.88. The highest BCUT2D eigenvalue weighted by Gasteiger charge is 1.98. The van der Waals surface area contributed by atoms with Crippen LogP contribution in [0.4, 0.5) is 0 Å². The van der Waals surface area contributed by atoms with Gasteiger partial charge in [0.1, 0.15) is 0 Å². The van der Waals surface area contributed by atoms with E-state index in [4.69, 9.17) is 0 Å². The summed E-state index contributed by atoms with van der Waals surface area (Å²) >= 11 is 1.62. The maximum absolute atomic E-state index is 3.06. The van der Waals surface area contributed by atoms with Crippen LogP contribution in [-0.2, 0) is 6.42 Å². The summed E-state index contributed by atoms with van der Waals surface area (Å²) in [6, 6.07) is 10.5. The molecule has 1 nitrogen and oxygen atoms in total. The second-order valence-electron chi connectivity index (χ2n) is 2.92. The Labute approximate surface area is 82.7 Å². The normalized spacial score (nSPS) is 14.9. The molecule has 1 aliphatic rings. The highest BCUT2D eigenvalue weighted by Crippen LogP contribution is 2.15. The fourth-order valence-corrected chi connectivity index (χ4v) is 1.79. The molecule has 0 atom stereocenters. The Bertz CT molecular complexity index is 327. The van der Waals surface area contributed by atoms with Crippen molar-refractivity contribution >= 4 is 11.9 Å². The zero-order valence-electron chi connectivity index (χ0n) is 7.23. The first kappa shape index (κ1) is 8.45. The molecule has 0 aliphatic carbocycles. The zero-order valence-corrected chi connectivity index (χ0v) is 8.05. The molecule has 0 fully saturated rings. The highest BCUT2D eigenvalue weighted by molar-refractivity contribution is 8.00. The summed E-state index contributed by atoms with van der Waals surface area (Å²) in [5.74, 6) is 0. The van der Waals surface area contributed by atoms with E-state index < -0.39 is 0 Å². The van der Waals surface area contributed by atoms with Crippen LogP contribution < -0.4 is 4.72 Å². The van der Waals surface area contributed by atoms with Crippen molar-refractivity contribution in [2.24, 2.45) is 0 Å². The number of nitrogens with one attached hydrogen (secondary N) is 1. The minimum Gasteiger partial charge on any atom is -0.333 e. The first-order valence-electron chi connectivity index (χ1n) is 4.26. The van der Waals surface area contributed by atoms with Crippen molar-refractivity contribution in [2.75, 3.05) is 0 Å². The summed E-state index contributed by atoms with van der Waals surface area (Å²) in [5, 5.41) is 2.15. The molecule has 0 radical (unpaired) electrons. The van der Waals surface area contributed by atoms with Crippen LogP contribution in [0.2, 0.25) is 0 Å². The van der Waals surface area contributed by atoms with Gasteiger partial charge in [0.25, 0.3) is 0 Å². The molecule has 2 heteroatoms. The Morgan fingerprint density at radius 2 is 2.00 bits per heavy atom. The molecule has 0 saturated carbocycles. The average molecular weight is 189 g/mol. The Kier molecular flexibility index (Phi) is 2.72. The van der Waals surface area contributed by atoms with Gasteiger partial charge in [-0.2, -0.15) is 0 Å². The minimum atomic E-state index is 1.02. The number of benzene rings is 1. The molecule has 13 heavy (non-hydrogen) atoms. The van der Waals surface area contributed by atoms with Gasteiger partial charge >= 0.3 is 0 Å². The van der Waals surface area contributed by atoms with E-state index in [-0.39, 0.29) is 0 Å². The molecule has 0 aromatic heterocycles. The highest BCUT2D eigenvalue weighted by atomic mass is 32.2. The third-order valence-corrected chi connectivity index (χ3v) is 2.59. The molecule has 0 saturated heterocycles. The molecular formula is C11H11NS. The second-order valence-corrected chi connectivity index (χ2v) is 3.63. The standard InChI is InChI=1S/C11H11NS/c1-2-4-10(5-3-1)8-11-6-7-12-13-9-11/h1-7,9,12H,8H2. The number of allylic oxidation sites excluding steroid dienone is 2. The molecule has 0 unspecified atom stereocenters. The molecule has 66 valence electrons. The topological polar surface area (TPSA) is 12.0 Å². The van der Waals surface area contributed by atoms with Gasteiger partial charge in [0, 0.05) is 6.20 Å². The lowest BCUT2D eigenvalue weighted by Gasteiger charge is -2.07. The quantitative estimate of drug-likeness (QED) is 0.718. The number of rotatable bonds is 2. The fraction of sp³-hybridized carbons (Fsp3) is 0.0909. The van der Waals surface area contributed by atoms with Gasteiger partial charge in [0.2, 0.25) is 0 Å². The number of hydrogen-bond acceptors (Lipinski definition) is 2. The lowest BCUT2D eigenvalue weighted by Crippen LogP contribution is -1.96. The van der Waals surface area contributed by atoms with E-state index >= 15 is 0 Å². The molecule has 2 rings (SSSR count). The Morgan fingerprint density at radius 1 is 1.15 bits per heavy atom. The fourth-order valence-electron chi connectivity index (χ4n) is 1.26. The van der Waals surface area contributed by atoms with Gasteiger partial charge in [-0.1, -0.05) is 30.3 Å². The van der Waals surface area contributed by atoms with Crippen molar-refractivity contribution in [1.29, 1.82) is 0 Å². The molecule has 1 aromatic carbocycles. The van der Waals surface area contributed by atoms with Gasteiger partial charge in [0.05, 0.1) is 0 Å². The first-order valence-corrected chi connectivity index (χ1v) is 5.14. The molecule has 0 bridgehead atoms. The summed E-state index contributed by atoms with van der Waals surface area (Å²) < 4.78 is 3.06. The number of hydrogen-bond donors (Lipinski definition) is 1. The molecule has 1 aliphatic heterocycles. The van der Waals surface area contributed by atoms with E-state index in [1.54, 1.807) is 11.9 Å². The zero-order chi connectivity index (χ0) is 8.93. The van der Waals surface area contributed by atoms with Crippen molar-refractivity contribution in [3.63, 3.8) is 0 Å². The largest absolute Gasteiger partial charge is 0.333 e. The van der Waals surface area contributed by atoms with Gasteiger partial charge in [-0.3, -0.25) is 0 Å². The molecule has 0 amide bonds. The second kappa shape index (κ2) is 4.19. The minimum absolute atomic E-state index is 1.02. The van der Waals surface area contributed by atoms with Crippen LogP contribution in [0, 0.1) is 0 Å². The van der Waals surface area contributed by atoms with Crippen LogP contribution in [0.25, 0.3) is 0 Å². The van der Waals surface area contributed by atoms with E-state index in [1.807, 2.05) is 12.3 Å². The van der Waals surface area contributed by atoms with Gasteiger partial charge in [0.15, 0.2) is 0 Å². The van der Waals surface area contributed by atoms with E-state index in [1.165, 1.54) is 11.1 Å². The molecule has 1 N–H and O–H groups in total. The summed E-state index contributed by atoms with van der Waals surface area (Å²) in [6.45, 7) is 0. The van der Waals surface area contributed by atoms with Gasteiger partial charge in [-0.15, -0.1) is 0 Å². The van der Waals surface area contributed by atoms with Crippen molar-refractivity contribution in [1.82, 2.24) is 4.72 Å². The third-order valence-electron chi connectivity index (χ3n) is 1.89. The summed E-state index contributed by atoms with van der Waals surface area (Å²) in [7, 11) is 0. The Balaban J connectivity index is 2.06. The van der Waals surface area contributed by atoms with Crippen LogP contribution in [0.15, 0.2) is 53.6 Å². The first-order chi connectivity index (χ1) is 6.45. The molecule has 1 aromatic rings. The van der Waals surface area contributed by atoms with Crippen molar-refractivity contribution in [3.8, 4) is 0 Å². The van der Waals surface area contributed by atoms with E-state index in [0.717, 1.165) is 6.42 Å². The summed E-state index contributed by atoms with van der Waals surface area (Å²) in [5.41, 5.74) is 2.72. The third kappa shape index (κ3) is 2.39. The van der Waals surface area contributed by atoms with Crippen molar-refractivity contribution in [2.45, 2.75) is 6.42 Å². The smallest absolute Gasteiger partial charge is 0.00784 e. The van der Waals surface area contributed by atoms with Crippen LogP contribution in [0.3, 0.4) is 0 Å². The van der Waals surface area contributed by atoms with Gasteiger partial charge in [-0.05, 0) is 41.0 Å². The van der Waals surface area contributed by atoms with Crippen LogP contribution in [0.1, 0.15) is 5.56 Å². The SMILES string of the molecule is C1=CC(Cc2ccccc2)=CSN1. The van der Waals surface area contributed by atoms with Gasteiger partial charge in [-0.25, -0.2) is 0 Å². The van der Waals surface area contributed by atoms with Crippen molar-refractivity contribution < 1.29 is 0 Å².